The van der Waals surface area contributed by atoms with Crippen LogP contribution in [-0.2, 0) is 20.9 Å². The van der Waals surface area contributed by atoms with Crippen LogP contribution in [0.2, 0.25) is 0 Å². The van der Waals surface area contributed by atoms with E-state index in [4.69, 9.17) is 4.74 Å². The molecule has 1 aliphatic rings. The predicted octanol–water partition coefficient (Wildman–Crippen LogP) is 0.691. The topological polar surface area (TPSA) is 58.6 Å². The quantitative estimate of drug-likeness (QED) is 0.826. The summed E-state index contributed by atoms with van der Waals surface area (Å²) in [7, 11) is 0. The minimum atomic E-state index is -0.328. The number of nitrogens with zero attached hydrogens (tertiary/aromatic N) is 1. The van der Waals surface area contributed by atoms with E-state index >= 15 is 0 Å². The number of carbonyl (C=O) groups is 2. The Hall–Kier alpha value is -1.95. The summed E-state index contributed by atoms with van der Waals surface area (Å²) in [4.78, 5) is 25.1. The van der Waals surface area contributed by atoms with Crippen molar-refractivity contribution in [1.29, 1.82) is 0 Å². The Balaban J connectivity index is 1.74. The Morgan fingerprint density at radius 1 is 1.20 bits per heavy atom. The van der Waals surface area contributed by atoms with Crippen LogP contribution >= 0.6 is 0 Å². The van der Waals surface area contributed by atoms with Crippen molar-refractivity contribution in [3.05, 3.63) is 35.6 Å². The lowest BCUT2D eigenvalue weighted by Crippen LogP contribution is -2.42. The van der Waals surface area contributed by atoms with Crippen molar-refractivity contribution in [1.82, 2.24) is 10.2 Å². The molecule has 1 aromatic carbocycles. The molecule has 2 amide bonds. The maximum absolute atomic E-state index is 12.7. The number of rotatable bonds is 4. The van der Waals surface area contributed by atoms with E-state index in [0.717, 1.165) is 5.56 Å². The molecule has 1 aromatic rings. The van der Waals surface area contributed by atoms with Crippen LogP contribution in [0.4, 0.5) is 4.39 Å². The van der Waals surface area contributed by atoms with E-state index in [0.29, 0.717) is 26.3 Å². The first-order chi connectivity index (χ1) is 9.65. The van der Waals surface area contributed by atoms with Gasteiger partial charge in [0.05, 0.1) is 13.2 Å². The first kappa shape index (κ1) is 14.5. The highest BCUT2D eigenvalue weighted by Gasteiger charge is 2.19. The van der Waals surface area contributed by atoms with Crippen LogP contribution in [0.1, 0.15) is 12.0 Å². The van der Waals surface area contributed by atoms with Crippen LogP contribution in [0.15, 0.2) is 24.3 Å². The zero-order valence-electron chi connectivity index (χ0n) is 11.1. The van der Waals surface area contributed by atoms with Gasteiger partial charge in [0.25, 0.3) is 0 Å². The van der Waals surface area contributed by atoms with Gasteiger partial charge in [0.15, 0.2) is 0 Å². The number of hydrogen-bond donors (Lipinski definition) is 1. The van der Waals surface area contributed by atoms with Crippen molar-refractivity contribution < 1.29 is 18.7 Å². The van der Waals surface area contributed by atoms with E-state index in [1.54, 1.807) is 17.0 Å². The highest BCUT2D eigenvalue weighted by Crippen LogP contribution is 2.03. The Morgan fingerprint density at radius 2 is 1.85 bits per heavy atom. The van der Waals surface area contributed by atoms with Gasteiger partial charge >= 0.3 is 0 Å². The SMILES string of the molecule is O=C(CC(=O)N1CCOCC1)NCc1ccc(F)cc1. The van der Waals surface area contributed by atoms with E-state index in [9.17, 15) is 14.0 Å². The van der Waals surface area contributed by atoms with Gasteiger partial charge in [-0.3, -0.25) is 9.59 Å². The Bertz CT molecular complexity index is 470. The lowest BCUT2D eigenvalue weighted by molar-refractivity contribution is -0.139. The van der Waals surface area contributed by atoms with Crippen LogP contribution in [0.25, 0.3) is 0 Å². The van der Waals surface area contributed by atoms with E-state index < -0.39 is 0 Å². The number of benzene rings is 1. The lowest BCUT2D eigenvalue weighted by atomic mass is 10.2. The average molecular weight is 280 g/mol. The maximum atomic E-state index is 12.7. The highest BCUT2D eigenvalue weighted by molar-refractivity contribution is 5.96. The highest BCUT2D eigenvalue weighted by atomic mass is 19.1. The van der Waals surface area contributed by atoms with Gasteiger partial charge in [-0.25, -0.2) is 4.39 Å². The molecule has 0 saturated carbocycles. The summed E-state index contributed by atoms with van der Waals surface area (Å²) in [5.41, 5.74) is 0.790. The van der Waals surface area contributed by atoms with Crippen LogP contribution in [0.3, 0.4) is 0 Å². The molecule has 1 heterocycles. The van der Waals surface area contributed by atoms with Gasteiger partial charge < -0.3 is 15.0 Å². The largest absolute Gasteiger partial charge is 0.378 e. The van der Waals surface area contributed by atoms with E-state index in [1.165, 1.54) is 12.1 Å². The number of nitrogens with one attached hydrogen (secondary N) is 1. The van der Waals surface area contributed by atoms with Crippen LogP contribution in [0.5, 0.6) is 0 Å². The number of amides is 2. The number of ether oxygens (including phenoxy) is 1. The summed E-state index contributed by atoms with van der Waals surface area (Å²) in [6, 6.07) is 5.86. The van der Waals surface area contributed by atoms with E-state index in [-0.39, 0.29) is 30.6 Å². The fraction of sp³-hybridized carbons (Fsp3) is 0.429. The third-order valence-electron chi connectivity index (χ3n) is 3.08. The van der Waals surface area contributed by atoms with Gasteiger partial charge in [-0.1, -0.05) is 12.1 Å². The van der Waals surface area contributed by atoms with Crippen molar-refractivity contribution in [3.8, 4) is 0 Å². The van der Waals surface area contributed by atoms with Crippen LogP contribution in [0, 0.1) is 5.82 Å². The van der Waals surface area contributed by atoms with E-state index in [2.05, 4.69) is 5.32 Å². The van der Waals surface area contributed by atoms with Gasteiger partial charge in [-0.2, -0.15) is 0 Å². The molecule has 0 spiro atoms. The molecule has 0 radical (unpaired) electrons. The molecule has 1 fully saturated rings. The first-order valence-corrected chi connectivity index (χ1v) is 6.52. The Labute approximate surface area is 116 Å². The predicted molar refractivity (Wildman–Crippen MR) is 70.3 cm³/mol. The molecule has 0 aromatic heterocycles. The Morgan fingerprint density at radius 3 is 2.50 bits per heavy atom. The summed E-state index contributed by atoms with van der Waals surface area (Å²) in [6.07, 6.45) is -0.165. The molecule has 1 saturated heterocycles. The van der Waals surface area contributed by atoms with Crippen molar-refractivity contribution in [2.75, 3.05) is 26.3 Å². The molecule has 0 atom stereocenters. The minimum Gasteiger partial charge on any atom is -0.378 e. The molecular weight excluding hydrogens is 263 g/mol. The van der Waals surface area contributed by atoms with Gasteiger partial charge in [-0.05, 0) is 17.7 Å². The molecule has 1 aliphatic heterocycles. The normalized spacial score (nSPS) is 14.9. The van der Waals surface area contributed by atoms with Gasteiger partial charge in [0.1, 0.15) is 12.2 Å². The second-order valence-corrected chi connectivity index (χ2v) is 4.57. The number of halogens is 1. The summed E-state index contributed by atoms with van der Waals surface area (Å²) >= 11 is 0. The number of morpholine rings is 1. The third kappa shape index (κ3) is 4.31. The molecule has 0 bridgehead atoms. The standard InChI is InChI=1S/C14H17FN2O3/c15-12-3-1-11(2-4-12)10-16-13(18)9-14(19)17-5-7-20-8-6-17/h1-4H,5-10H2,(H,16,18). The summed E-state index contributed by atoms with van der Waals surface area (Å²) in [5.74, 6) is -0.835. The summed E-state index contributed by atoms with van der Waals surface area (Å²) < 4.78 is 17.9. The maximum Gasteiger partial charge on any atom is 0.232 e. The van der Waals surface area contributed by atoms with Crippen LogP contribution in [-0.4, -0.2) is 43.0 Å². The smallest absolute Gasteiger partial charge is 0.232 e. The Kier molecular flexibility index (Phi) is 5.06. The zero-order valence-corrected chi connectivity index (χ0v) is 11.1. The summed E-state index contributed by atoms with van der Waals surface area (Å²) in [6.45, 7) is 2.38. The number of carbonyl (C=O) groups excluding carboxylic acids is 2. The monoisotopic (exact) mass is 280 g/mol. The molecule has 0 unspecified atom stereocenters. The van der Waals surface area contributed by atoms with Crippen molar-refractivity contribution in [2.45, 2.75) is 13.0 Å². The van der Waals surface area contributed by atoms with Gasteiger partial charge in [0.2, 0.25) is 11.8 Å². The molecule has 6 heteroatoms. The molecule has 5 nitrogen and oxygen atoms in total. The molecule has 20 heavy (non-hydrogen) atoms. The molecule has 1 N–H and O–H groups in total. The fourth-order valence-corrected chi connectivity index (χ4v) is 1.93. The van der Waals surface area contributed by atoms with Crippen molar-refractivity contribution in [3.63, 3.8) is 0 Å². The molecule has 2 rings (SSSR count). The summed E-state index contributed by atoms with van der Waals surface area (Å²) in [5, 5.41) is 2.65. The zero-order chi connectivity index (χ0) is 14.4. The van der Waals surface area contributed by atoms with E-state index in [1.807, 2.05) is 0 Å². The molecular formula is C14H17FN2O3. The first-order valence-electron chi connectivity index (χ1n) is 6.52. The van der Waals surface area contributed by atoms with Crippen molar-refractivity contribution in [2.24, 2.45) is 0 Å². The van der Waals surface area contributed by atoms with Gasteiger partial charge in [-0.15, -0.1) is 0 Å². The van der Waals surface area contributed by atoms with Crippen LogP contribution < -0.4 is 5.32 Å². The second kappa shape index (κ2) is 7.00. The lowest BCUT2D eigenvalue weighted by Gasteiger charge is -2.26. The average Bonchev–Trinajstić information content (AvgIpc) is 2.47. The minimum absolute atomic E-state index is 0.165. The second-order valence-electron chi connectivity index (χ2n) is 4.57. The molecule has 0 aliphatic carbocycles. The number of hydrogen-bond acceptors (Lipinski definition) is 3. The third-order valence-corrected chi connectivity index (χ3v) is 3.08. The van der Waals surface area contributed by atoms with Gasteiger partial charge in [0, 0.05) is 19.6 Å². The van der Waals surface area contributed by atoms with Crippen molar-refractivity contribution >= 4 is 11.8 Å². The molecule has 108 valence electrons. The fourth-order valence-electron chi connectivity index (χ4n) is 1.93.